The second kappa shape index (κ2) is 4.81. The zero-order valence-electron chi connectivity index (χ0n) is 8.25. The maximum absolute atomic E-state index is 11.0. The number of aryl methyl sites for hydroxylation is 1. The van der Waals surface area contributed by atoms with Crippen molar-refractivity contribution in [3.8, 4) is 6.07 Å². The molecule has 0 bridgehead atoms. The van der Waals surface area contributed by atoms with E-state index in [2.05, 4.69) is 0 Å². The molecule has 15 heavy (non-hydrogen) atoms. The summed E-state index contributed by atoms with van der Waals surface area (Å²) in [5, 5.41) is 17.8. The molecule has 1 aromatic carbocycles. The van der Waals surface area contributed by atoms with Crippen LogP contribution < -0.4 is 0 Å². The van der Waals surface area contributed by atoms with Gasteiger partial charge in [0.1, 0.15) is 6.07 Å². The van der Waals surface area contributed by atoms with Crippen molar-refractivity contribution >= 4 is 17.6 Å². The number of nitriles is 1. The van der Waals surface area contributed by atoms with Crippen LogP contribution in [0.3, 0.4) is 0 Å². The Kier molecular flexibility index (Phi) is 3.70. The third-order valence-electron chi connectivity index (χ3n) is 2.17. The summed E-state index contributed by atoms with van der Waals surface area (Å²) in [6.45, 7) is 1.94. The van der Waals surface area contributed by atoms with E-state index in [-0.39, 0.29) is 17.0 Å². The number of hydrogen-bond acceptors (Lipinski definition) is 2. The van der Waals surface area contributed by atoms with Crippen molar-refractivity contribution in [1.82, 2.24) is 0 Å². The summed E-state index contributed by atoms with van der Waals surface area (Å²) in [7, 11) is 0. The number of nitrogens with zero attached hydrogens (tertiary/aromatic N) is 1. The molecule has 1 aromatic rings. The van der Waals surface area contributed by atoms with E-state index in [0.29, 0.717) is 5.56 Å². The van der Waals surface area contributed by atoms with Gasteiger partial charge in [-0.2, -0.15) is 5.26 Å². The van der Waals surface area contributed by atoms with Gasteiger partial charge in [0.25, 0.3) is 0 Å². The Bertz CT molecular complexity index is 435. The summed E-state index contributed by atoms with van der Waals surface area (Å²) in [6.07, 6.45) is 0.748. The highest BCUT2D eigenvalue weighted by Gasteiger charge is 2.15. The molecular weight excluding hydrogens is 214 g/mol. The van der Waals surface area contributed by atoms with Crippen LogP contribution in [-0.2, 0) is 12.3 Å². The Labute approximate surface area is 92.9 Å². The molecule has 0 aliphatic heterocycles. The summed E-state index contributed by atoms with van der Waals surface area (Å²) in [6, 6.07) is 5.22. The molecule has 78 valence electrons. The highest BCUT2D eigenvalue weighted by molar-refractivity contribution is 6.17. The molecule has 0 radical (unpaired) electrons. The van der Waals surface area contributed by atoms with Gasteiger partial charge in [0.15, 0.2) is 0 Å². The number of rotatable bonds is 3. The van der Waals surface area contributed by atoms with Crippen molar-refractivity contribution in [2.75, 3.05) is 0 Å². The molecule has 0 aromatic heterocycles. The molecule has 0 atom stereocenters. The molecule has 0 unspecified atom stereocenters. The van der Waals surface area contributed by atoms with E-state index in [1.165, 1.54) is 0 Å². The molecule has 0 fully saturated rings. The van der Waals surface area contributed by atoms with Gasteiger partial charge < -0.3 is 5.11 Å². The zero-order valence-corrected chi connectivity index (χ0v) is 9.01. The van der Waals surface area contributed by atoms with Crippen molar-refractivity contribution in [1.29, 1.82) is 5.26 Å². The third-order valence-corrected chi connectivity index (χ3v) is 2.45. The number of hydrogen-bond donors (Lipinski definition) is 1. The lowest BCUT2D eigenvalue weighted by Gasteiger charge is -2.07. The fourth-order valence-corrected chi connectivity index (χ4v) is 1.63. The lowest BCUT2D eigenvalue weighted by atomic mass is 9.98. The van der Waals surface area contributed by atoms with Crippen LogP contribution in [0.15, 0.2) is 12.1 Å². The molecule has 0 aliphatic rings. The maximum Gasteiger partial charge on any atom is 0.337 e. The van der Waals surface area contributed by atoms with Gasteiger partial charge in [-0.3, -0.25) is 0 Å². The number of benzene rings is 1. The molecular formula is C11H10ClNO2. The Morgan fingerprint density at radius 3 is 2.67 bits per heavy atom. The average molecular weight is 224 g/mol. The highest BCUT2D eigenvalue weighted by Crippen LogP contribution is 2.19. The first-order chi connectivity index (χ1) is 7.13. The van der Waals surface area contributed by atoms with Crippen LogP contribution in [-0.4, -0.2) is 11.1 Å². The van der Waals surface area contributed by atoms with Gasteiger partial charge in [-0.25, -0.2) is 4.79 Å². The van der Waals surface area contributed by atoms with Crippen molar-refractivity contribution in [2.24, 2.45) is 0 Å². The molecule has 0 saturated carbocycles. The minimum Gasteiger partial charge on any atom is -0.478 e. The number of carbonyl (C=O) groups is 1. The largest absolute Gasteiger partial charge is 0.478 e. The van der Waals surface area contributed by atoms with Crippen LogP contribution in [0.1, 0.15) is 34.0 Å². The minimum atomic E-state index is -1.11. The van der Waals surface area contributed by atoms with E-state index in [4.69, 9.17) is 22.0 Å². The fourth-order valence-electron chi connectivity index (χ4n) is 1.42. The molecule has 0 amide bonds. The van der Waals surface area contributed by atoms with Crippen molar-refractivity contribution in [2.45, 2.75) is 19.2 Å². The highest BCUT2D eigenvalue weighted by atomic mass is 35.5. The molecule has 0 heterocycles. The summed E-state index contributed by atoms with van der Waals surface area (Å²) in [5.41, 5.74) is 1.62. The minimum absolute atomic E-state index is 0.0182. The van der Waals surface area contributed by atoms with Gasteiger partial charge in [0.2, 0.25) is 0 Å². The van der Waals surface area contributed by atoms with E-state index >= 15 is 0 Å². The zero-order chi connectivity index (χ0) is 11.4. The number of alkyl halides is 1. The molecule has 0 aliphatic carbocycles. The second-order valence-corrected chi connectivity index (χ2v) is 3.35. The summed E-state index contributed by atoms with van der Waals surface area (Å²) in [5.74, 6) is -1.01. The Morgan fingerprint density at radius 2 is 2.27 bits per heavy atom. The van der Waals surface area contributed by atoms with Crippen LogP contribution >= 0.6 is 11.6 Å². The van der Waals surface area contributed by atoms with E-state index in [9.17, 15) is 4.79 Å². The molecule has 1 N–H and O–H groups in total. The predicted molar refractivity (Wildman–Crippen MR) is 57.1 cm³/mol. The van der Waals surface area contributed by atoms with Crippen LogP contribution in [0, 0.1) is 11.3 Å². The predicted octanol–water partition coefficient (Wildman–Crippen LogP) is 2.56. The number of carboxylic acids is 1. The first-order valence-corrected chi connectivity index (χ1v) is 5.02. The quantitative estimate of drug-likeness (QED) is 0.801. The number of carboxylic acid groups (broad SMARTS) is 1. The van der Waals surface area contributed by atoms with E-state index < -0.39 is 5.97 Å². The van der Waals surface area contributed by atoms with Crippen molar-refractivity contribution in [3.63, 3.8) is 0 Å². The average Bonchev–Trinajstić information content (AvgIpc) is 2.26. The SMILES string of the molecule is CCc1cc(C#N)c(C(=O)O)c(CCl)c1. The van der Waals surface area contributed by atoms with Crippen LogP contribution in [0.4, 0.5) is 0 Å². The van der Waals surface area contributed by atoms with E-state index in [1.807, 2.05) is 13.0 Å². The molecule has 0 spiro atoms. The standard InChI is InChI=1S/C11H10ClNO2/c1-2-7-3-8(5-12)10(11(14)15)9(4-7)6-13/h3-4H,2,5H2,1H3,(H,14,15). The van der Waals surface area contributed by atoms with Gasteiger partial charge in [-0.1, -0.05) is 13.0 Å². The lowest BCUT2D eigenvalue weighted by molar-refractivity contribution is 0.0695. The normalized spacial score (nSPS) is 9.67. The number of aromatic carboxylic acids is 1. The van der Waals surface area contributed by atoms with Gasteiger partial charge in [-0.05, 0) is 23.6 Å². The smallest absolute Gasteiger partial charge is 0.337 e. The van der Waals surface area contributed by atoms with Gasteiger partial charge >= 0.3 is 5.97 Å². The van der Waals surface area contributed by atoms with Gasteiger partial charge in [0.05, 0.1) is 11.1 Å². The fraction of sp³-hybridized carbons (Fsp3) is 0.273. The molecule has 0 saturated heterocycles. The van der Waals surface area contributed by atoms with Crippen LogP contribution in [0.2, 0.25) is 0 Å². The lowest BCUT2D eigenvalue weighted by Crippen LogP contribution is -2.06. The van der Waals surface area contributed by atoms with E-state index in [0.717, 1.165) is 12.0 Å². The van der Waals surface area contributed by atoms with Crippen LogP contribution in [0.5, 0.6) is 0 Å². The molecule has 1 rings (SSSR count). The summed E-state index contributed by atoms with van der Waals surface area (Å²) in [4.78, 5) is 11.0. The number of halogens is 1. The third kappa shape index (κ3) is 2.28. The molecule has 4 heteroatoms. The topological polar surface area (TPSA) is 61.1 Å². The Morgan fingerprint density at radius 1 is 1.60 bits per heavy atom. The second-order valence-electron chi connectivity index (χ2n) is 3.08. The van der Waals surface area contributed by atoms with Gasteiger partial charge in [0, 0.05) is 5.88 Å². The first kappa shape index (κ1) is 11.5. The van der Waals surface area contributed by atoms with Crippen LogP contribution in [0.25, 0.3) is 0 Å². The van der Waals surface area contributed by atoms with E-state index in [1.54, 1.807) is 12.1 Å². The Balaban J connectivity index is 3.48. The monoisotopic (exact) mass is 223 g/mol. The summed E-state index contributed by atoms with van der Waals surface area (Å²) < 4.78 is 0. The van der Waals surface area contributed by atoms with Gasteiger partial charge in [-0.15, -0.1) is 11.6 Å². The molecule has 3 nitrogen and oxygen atoms in total. The first-order valence-electron chi connectivity index (χ1n) is 4.49. The maximum atomic E-state index is 11.0. The summed E-state index contributed by atoms with van der Waals surface area (Å²) >= 11 is 5.66. The van der Waals surface area contributed by atoms with Crippen molar-refractivity contribution in [3.05, 3.63) is 34.4 Å². The Hall–Kier alpha value is -1.53. The van der Waals surface area contributed by atoms with Crippen molar-refractivity contribution < 1.29 is 9.90 Å².